The first-order chi connectivity index (χ1) is 32.6. The Morgan fingerprint density at radius 1 is 0.373 bits per heavy atom. The maximum absolute atomic E-state index is 2.51. The van der Waals surface area contributed by atoms with Crippen molar-refractivity contribution in [2.24, 2.45) is 0 Å². The highest BCUT2D eigenvalue weighted by Crippen LogP contribution is 2.58. The van der Waals surface area contributed by atoms with Gasteiger partial charge in [-0.2, -0.15) is 0 Å². The maximum Gasteiger partial charge on any atom is 0.0713 e. The van der Waals surface area contributed by atoms with Crippen LogP contribution in [0.4, 0.5) is 17.1 Å². The summed E-state index contributed by atoms with van der Waals surface area (Å²) in [6.45, 7) is 11.5. The van der Waals surface area contributed by atoms with Gasteiger partial charge in [-0.05, 0) is 130 Å². The summed E-state index contributed by atoms with van der Waals surface area (Å²) in [7, 11) is 0. The average Bonchev–Trinajstić information content (AvgIpc) is 3.79. The lowest BCUT2D eigenvalue weighted by atomic mass is 9.68. The third-order valence-electron chi connectivity index (χ3n) is 14.9. The lowest BCUT2D eigenvalue weighted by molar-refractivity contribution is 0.590. The van der Waals surface area contributed by atoms with Crippen LogP contribution >= 0.6 is 0 Å². The number of rotatable bonds is 7. The number of fused-ring (bicyclic) bond motifs is 7. The molecule has 2 aliphatic rings. The molecule has 0 N–H and O–H groups in total. The van der Waals surface area contributed by atoms with Crippen molar-refractivity contribution in [3.63, 3.8) is 0 Å². The first-order valence-electron chi connectivity index (χ1n) is 23.8. The molecule has 67 heavy (non-hydrogen) atoms. The van der Waals surface area contributed by atoms with Crippen molar-refractivity contribution in [1.82, 2.24) is 0 Å². The molecule has 0 spiro atoms. The molecule has 0 amide bonds. The van der Waals surface area contributed by atoms with Gasteiger partial charge >= 0.3 is 0 Å². The molecule has 0 fully saturated rings. The molecule has 0 radical (unpaired) electrons. The molecule has 1 heteroatoms. The maximum atomic E-state index is 2.51. The van der Waals surface area contributed by atoms with E-state index in [0.29, 0.717) is 0 Å². The second-order valence-corrected chi connectivity index (χ2v) is 20.1. The third-order valence-corrected chi connectivity index (χ3v) is 14.9. The van der Waals surface area contributed by atoms with Gasteiger partial charge in [0.1, 0.15) is 0 Å². The average molecular weight is 860 g/mol. The summed E-state index contributed by atoms with van der Waals surface area (Å²) in [4.78, 5) is 2.51. The highest BCUT2D eigenvalue weighted by atomic mass is 15.1. The molecule has 0 saturated heterocycles. The van der Waals surface area contributed by atoms with Crippen LogP contribution in [0.3, 0.4) is 0 Å². The first-order valence-corrected chi connectivity index (χ1v) is 23.8. The van der Waals surface area contributed by atoms with Gasteiger partial charge < -0.3 is 4.90 Å². The molecular weight excluding hydrogens is 807 g/mol. The van der Waals surface area contributed by atoms with E-state index in [1.807, 2.05) is 0 Å². The predicted octanol–water partition coefficient (Wildman–Crippen LogP) is 17.6. The summed E-state index contributed by atoms with van der Waals surface area (Å²) >= 11 is 0. The van der Waals surface area contributed by atoms with Crippen molar-refractivity contribution in [3.05, 3.63) is 269 Å². The Morgan fingerprint density at radius 2 is 0.866 bits per heavy atom. The Balaban J connectivity index is 1.10. The summed E-state index contributed by atoms with van der Waals surface area (Å²) in [5, 5.41) is 2.44. The Labute approximate surface area is 395 Å². The lowest BCUT2D eigenvalue weighted by Gasteiger charge is -2.34. The molecule has 0 aromatic heterocycles. The molecule has 0 heterocycles. The molecule has 0 unspecified atom stereocenters. The minimum absolute atomic E-state index is 0.0810. The van der Waals surface area contributed by atoms with Gasteiger partial charge in [-0.25, -0.2) is 0 Å². The number of hydrogen-bond acceptors (Lipinski definition) is 1. The highest BCUT2D eigenvalue weighted by molar-refractivity contribution is 6.06. The number of benzene rings is 10. The molecule has 0 aliphatic heterocycles. The summed E-state index contributed by atoms with van der Waals surface area (Å²) in [6, 6.07) is 86.5. The van der Waals surface area contributed by atoms with E-state index in [1.54, 1.807) is 0 Å². The van der Waals surface area contributed by atoms with Crippen LogP contribution in [0, 0.1) is 0 Å². The van der Waals surface area contributed by atoms with Gasteiger partial charge in [-0.3, -0.25) is 0 Å². The third kappa shape index (κ3) is 6.36. The fourth-order valence-corrected chi connectivity index (χ4v) is 11.6. The van der Waals surface area contributed by atoms with Crippen LogP contribution in [-0.2, 0) is 16.2 Å². The summed E-state index contributed by atoms with van der Waals surface area (Å²) in [5.74, 6) is 0. The molecule has 2 aliphatic carbocycles. The minimum atomic E-state index is -0.482. The van der Waals surface area contributed by atoms with Crippen LogP contribution in [0.5, 0.6) is 0 Å². The van der Waals surface area contributed by atoms with Crippen LogP contribution in [-0.4, -0.2) is 0 Å². The highest BCUT2D eigenvalue weighted by Gasteiger charge is 2.46. The van der Waals surface area contributed by atoms with Gasteiger partial charge in [0, 0.05) is 22.4 Å². The van der Waals surface area contributed by atoms with Crippen molar-refractivity contribution >= 4 is 27.8 Å². The van der Waals surface area contributed by atoms with E-state index in [-0.39, 0.29) is 10.8 Å². The number of hydrogen-bond donors (Lipinski definition) is 0. The van der Waals surface area contributed by atoms with Crippen molar-refractivity contribution in [2.75, 3.05) is 4.90 Å². The van der Waals surface area contributed by atoms with Crippen molar-refractivity contribution in [2.45, 2.75) is 50.9 Å². The van der Waals surface area contributed by atoms with E-state index in [4.69, 9.17) is 0 Å². The van der Waals surface area contributed by atoms with Gasteiger partial charge in [-0.1, -0.05) is 229 Å². The number of anilines is 3. The van der Waals surface area contributed by atoms with Gasteiger partial charge in [0.2, 0.25) is 0 Å². The lowest BCUT2D eigenvalue weighted by Crippen LogP contribution is -2.28. The van der Waals surface area contributed by atoms with Crippen molar-refractivity contribution in [3.8, 4) is 44.5 Å². The Kier molecular flexibility index (Phi) is 9.38. The van der Waals surface area contributed by atoms with Crippen LogP contribution in [0.1, 0.15) is 73.6 Å². The van der Waals surface area contributed by atoms with Crippen LogP contribution in [0.25, 0.3) is 55.3 Å². The predicted molar refractivity (Wildman–Crippen MR) is 283 cm³/mol. The first kappa shape index (κ1) is 40.7. The van der Waals surface area contributed by atoms with E-state index in [0.717, 1.165) is 17.1 Å². The van der Waals surface area contributed by atoms with Crippen LogP contribution in [0.2, 0.25) is 0 Å². The number of nitrogens with zero attached hydrogens (tertiary/aromatic N) is 1. The van der Waals surface area contributed by atoms with Gasteiger partial charge in [0.05, 0.1) is 11.1 Å². The monoisotopic (exact) mass is 859 g/mol. The Hall–Kier alpha value is -7.74. The zero-order valence-electron chi connectivity index (χ0n) is 38.9. The van der Waals surface area contributed by atoms with E-state index < -0.39 is 5.41 Å². The smallest absolute Gasteiger partial charge is 0.0713 e. The van der Waals surface area contributed by atoms with Crippen LogP contribution in [0.15, 0.2) is 231 Å². The summed E-state index contributed by atoms with van der Waals surface area (Å²) in [6.07, 6.45) is 0. The van der Waals surface area contributed by atoms with Gasteiger partial charge in [-0.15, -0.1) is 0 Å². The van der Waals surface area contributed by atoms with E-state index in [9.17, 15) is 0 Å². The zero-order valence-corrected chi connectivity index (χ0v) is 38.9. The van der Waals surface area contributed by atoms with Gasteiger partial charge in [0.25, 0.3) is 0 Å². The van der Waals surface area contributed by atoms with E-state index in [2.05, 4.69) is 270 Å². The van der Waals surface area contributed by atoms with Gasteiger partial charge in [0.15, 0.2) is 0 Å². The molecular formula is C66H53N. The Bertz CT molecular complexity index is 3460. The standard InChI is InChI=1S/C66H53N/c1-64(2,3)48-34-28-44(29-35-48)45-30-36-51(37-31-45)67(52-38-40-61-57(43-52)55-25-15-17-27-60(55)66(61,49-19-8-6-9-20-49)50-21-10-7-11-22-50)62-41-33-46-18-12-13-23-53(46)63(62)47-32-39-59-56(42-47)54-24-14-16-26-58(54)65(59,4)5/h6-43H,1-5H3. The largest absolute Gasteiger partial charge is 0.310 e. The fraction of sp³-hybridized carbons (Fsp3) is 0.121. The topological polar surface area (TPSA) is 3.24 Å². The molecule has 0 atom stereocenters. The molecule has 12 rings (SSSR count). The molecule has 10 aromatic rings. The molecule has 0 saturated carbocycles. The quantitative estimate of drug-likeness (QED) is 0.154. The van der Waals surface area contributed by atoms with Crippen molar-refractivity contribution < 1.29 is 0 Å². The van der Waals surface area contributed by atoms with Crippen LogP contribution < -0.4 is 4.90 Å². The van der Waals surface area contributed by atoms with E-state index in [1.165, 1.54) is 94.2 Å². The normalized spacial score (nSPS) is 14.0. The molecule has 322 valence electrons. The fourth-order valence-electron chi connectivity index (χ4n) is 11.6. The minimum Gasteiger partial charge on any atom is -0.310 e. The summed E-state index contributed by atoms with van der Waals surface area (Å²) in [5.41, 5.74) is 22.1. The molecule has 1 nitrogen and oxygen atoms in total. The Morgan fingerprint density at radius 3 is 1.54 bits per heavy atom. The zero-order chi connectivity index (χ0) is 45.5. The second-order valence-electron chi connectivity index (χ2n) is 20.1. The van der Waals surface area contributed by atoms with E-state index >= 15 is 0 Å². The molecule has 10 aromatic carbocycles. The summed E-state index contributed by atoms with van der Waals surface area (Å²) < 4.78 is 0. The second kappa shape index (κ2) is 15.4. The molecule has 0 bridgehead atoms. The SMILES string of the molecule is CC(C)(C)c1ccc(-c2ccc(N(c3ccc4c(c3)-c3ccccc3C4(c3ccccc3)c3ccccc3)c3ccc4ccccc4c3-c3ccc4c(c3)-c3ccccc3C4(C)C)cc2)cc1. The van der Waals surface area contributed by atoms with Crippen molar-refractivity contribution in [1.29, 1.82) is 0 Å².